The van der Waals surface area contributed by atoms with Gasteiger partial charge in [-0.25, -0.2) is 4.98 Å². The summed E-state index contributed by atoms with van der Waals surface area (Å²) in [4.78, 5) is 18.5. The number of rotatable bonds is 6. The third-order valence-corrected chi connectivity index (χ3v) is 4.28. The molecule has 1 aromatic carbocycles. The van der Waals surface area contributed by atoms with Crippen LogP contribution >= 0.6 is 11.6 Å². The maximum absolute atomic E-state index is 12.7. The van der Waals surface area contributed by atoms with Gasteiger partial charge in [-0.3, -0.25) is 9.48 Å². The molecule has 0 saturated carbocycles. The molecular weight excluding hydrogens is 312 g/mol. The minimum Gasteiger partial charge on any atom is -0.330 e. The van der Waals surface area contributed by atoms with Crippen LogP contribution in [0.5, 0.6) is 0 Å². The van der Waals surface area contributed by atoms with E-state index in [-0.39, 0.29) is 11.9 Å². The van der Waals surface area contributed by atoms with Crippen molar-refractivity contribution in [3.8, 4) is 0 Å². The number of hydrogen-bond acceptors (Lipinski definition) is 3. The zero-order valence-corrected chi connectivity index (χ0v) is 13.6. The third kappa shape index (κ3) is 3.62. The number of aromatic nitrogens is 3. The van der Waals surface area contributed by atoms with E-state index in [2.05, 4.69) is 28.8 Å². The Bertz CT molecular complexity index is 698. The van der Waals surface area contributed by atoms with Crippen molar-refractivity contribution in [2.24, 2.45) is 0 Å². The molecule has 0 fully saturated rings. The number of amides is 1. The van der Waals surface area contributed by atoms with Crippen LogP contribution in [0.15, 0.2) is 48.5 Å². The summed E-state index contributed by atoms with van der Waals surface area (Å²) in [5, 5.41) is 4.51. The Labute approximate surface area is 140 Å². The zero-order chi connectivity index (χ0) is 16.2. The number of benzene rings is 1. The van der Waals surface area contributed by atoms with Crippen molar-refractivity contribution in [2.45, 2.75) is 31.8 Å². The lowest BCUT2D eigenvalue weighted by atomic mass is 10.1. The molecule has 0 spiro atoms. The fourth-order valence-electron chi connectivity index (χ4n) is 3.12. The average molecular weight is 331 g/mol. The van der Waals surface area contributed by atoms with Gasteiger partial charge in [-0.1, -0.05) is 42.4 Å². The van der Waals surface area contributed by atoms with E-state index in [1.165, 1.54) is 17.5 Å². The predicted octanol–water partition coefficient (Wildman–Crippen LogP) is 2.94. The van der Waals surface area contributed by atoms with E-state index >= 15 is 0 Å². The average Bonchev–Trinajstić information content (AvgIpc) is 3.19. The summed E-state index contributed by atoms with van der Waals surface area (Å²) in [7, 11) is 0. The van der Waals surface area contributed by atoms with Gasteiger partial charge in [-0.2, -0.15) is 5.10 Å². The van der Waals surface area contributed by atoms with Gasteiger partial charge >= 0.3 is 0 Å². The van der Waals surface area contributed by atoms with Crippen LogP contribution in [0.4, 0.5) is 0 Å². The minimum atomic E-state index is 0.0593. The lowest BCUT2D eigenvalue weighted by Gasteiger charge is -2.29. The van der Waals surface area contributed by atoms with Crippen LogP contribution in [0.1, 0.15) is 30.0 Å². The van der Waals surface area contributed by atoms with Crippen molar-refractivity contribution in [2.75, 3.05) is 6.54 Å². The summed E-state index contributed by atoms with van der Waals surface area (Å²) < 4.78 is 1.66. The Hall–Kier alpha value is -2.14. The van der Waals surface area contributed by atoms with E-state index in [9.17, 15) is 4.79 Å². The summed E-state index contributed by atoms with van der Waals surface area (Å²) in [5.74, 6) is 0.0593. The first kappa shape index (κ1) is 15.7. The Morgan fingerprint density at radius 2 is 2.26 bits per heavy atom. The second kappa shape index (κ2) is 6.96. The van der Waals surface area contributed by atoms with E-state index in [1.54, 1.807) is 11.0 Å². The van der Waals surface area contributed by atoms with Gasteiger partial charge in [0.1, 0.15) is 12.7 Å². The van der Waals surface area contributed by atoms with Gasteiger partial charge in [0.15, 0.2) is 0 Å². The Morgan fingerprint density at radius 3 is 3.00 bits per heavy atom. The van der Waals surface area contributed by atoms with E-state index in [4.69, 9.17) is 11.6 Å². The van der Waals surface area contributed by atoms with Crippen LogP contribution in [-0.2, 0) is 17.8 Å². The molecule has 5 nitrogen and oxygen atoms in total. The molecule has 1 atom stereocenters. The Kier molecular flexibility index (Phi) is 4.76. The summed E-state index contributed by atoms with van der Waals surface area (Å²) in [6.07, 6.45) is 5.37. The van der Waals surface area contributed by atoms with Crippen LogP contribution in [0, 0.1) is 0 Å². The highest BCUT2D eigenvalue weighted by atomic mass is 35.5. The van der Waals surface area contributed by atoms with Crippen LogP contribution in [0.2, 0.25) is 0 Å². The summed E-state index contributed by atoms with van der Waals surface area (Å²) in [6.45, 7) is 4.64. The summed E-state index contributed by atoms with van der Waals surface area (Å²) >= 11 is 6.01. The van der Waals surface area contributed by atoms with Gasteiger partial charge in [0.25, 0.3) is 0 Å². The first-order valence-corrected chi connectivity index (χ1v) is 8.06. The fourth-order valence-corrected chi connectivity index (χ4v) is 3.25. The quantitative estimate of drug-likeness (QED) is 0.818. The molecule has 2 aromatic rings. The zero-order valence-electron chi connectivity index (χ0n) is 12.9. The van der Waals surface area contributed by atoms with Crippen molar-refractivity contribution in [3.63, 3.8) is 0 Å². The SMILES string of the molecule is C=C(Cl)CN(C(=O)CCn1cncn1)[C@H]1CCc2ccccc21. The highest BCUT2D eigenvalue weighted by Crippen LogP contribution is 2.36. The number of halogens is 1. The molecular formula is C17H19ClN4O. The van der Waals surface area contributed by atoms with E-state index in [0.717, 1.165) is 12.8 Å². The van der Waals surface area contributed by atoms with E-state index < -0.39 is 0 Å². The lowest BCUT2D eigenvalue weighted by Crippen LogP contribution is -2.35. The minimum absolute atomic E-state index is 0.0593. The van der Waals surface area contributed by atoms with Crippen molar-refractivity contribution in [1.82, 2.24) is 19.7 Å². The topological polar surface area (TPSA) is 51.0 Å². The molecule has 0 N–H and O–H groups in total. The Balaban J connectivity index is 1.75. The number of carbonyl (C=O) groups is 1. The predicted molar refractivity (Wildman–Crippen MR) is 88.8 cm³/mol. The molecule has 3 rings (SSSR count). The van der Waals surface area contributed by atoms with Crippen molar-refractivity contribution in [1.29, 1.82) is 0 Å². The second-order valence-electron chi connectivity index (χ2n) is 5.70. The van der Waals surface area contributed by atoms with Crippen LogP contribution in [0.3, 0.4) is 0 Å². The van der Waals surface area contributed by atoms with Gasteiger partial charge in [0.05, 0.1) is 19.1 Å². The van der Waals surface area contributed by atoms with Crippen LogP contribution in [0.25, 0.3) is 0 Å². The van der Waals surface area contributed by atoms with Gasteiger partial charge in [-0.05, 0) is 24.0 Å². The largest absolute Gasteiger partial charge is 0.330 e. The first-order valence-electron chi connectivity index (χ1n) is 7.68. The number of hydrogen-bond donors (Lipinski definition) is 0. The maximum Gasteiger partial charge on any atom is 0.225 e. The standard InChI is InChI=1S/C17H19ClN4O/c1-13(18)10-22(17(23)8-9-21-12-19-11-20-21)16-7-6-14-4-2-3-5-15(14)16/h2-5,11-12,16H,1,6-10H2/t16-/m0/s1. The molecule has 0 saturated heterocycles. The molecule has 1 heterocycles. The van der Waals surface area contributed by atoms with Gasteiger partial charge in [-0.15, -0.1) is 0 Å². The lowest BCUT2D eigenvalue weighted by molar-refractivity contribution is -0.133. The molecule has 0 unspecified atom stereocenters. The fraction of sp³-hybridized carbons (Fsp3) is 0.353. The number of carbonyl (C=O) groups excluding carboxylic acids is 1. The molecule has 1 amide bonds. The normalized spacial score (nSPS) is 16.1. The van der Waals surface area contributed by atoms with Crippen molar-refractivity contribution >= 4 is 17.5 Å². The van der Waals surface area contributed by atoms with Crippen LogP contribution in [-0.4, -0.2) is 32.1 Å². The summed E-state index contributed by atoms with van der Waals surface area (Å²) in [5.41, 5.74) is 2.53. The summed E-state index contributed by atoms with van der Waals surface area (Å²) in [6, 6.07) is 8.36. The molecule has 0 radical (unpaired) electrons. The molecule has 1 aromatic heterocycles. The van der Waals surface area contributed by atoms with E-state index in [0.29, 0.717) is 24.5 Å². The smallest absolute Gasteiger partial charge is 0.225 e. The van der Waals surface area contributed by atoms with Crippen LogP contribution < -0.4 is 0 Å². The van der Waals surface area contributed by atoms with Gasteiger partial charge in [0.2, 0.25) is 5.91 Å². The Morgan fingerprint density at radius 1 is 1.43 bits per heavy atom. The third-order valence-electron chi connectivity index (χ3n) is 4.16. The monoisotopic (exact) mass is 330 g/mol. The van der Waals surface area contributed by atoms with Crippen molar-refractivity contribution < 1.29 is 4.79 Å². The highest BCUT2D eigenvalue weighted by Gasteiger charge is 2.30. The van der Waals surface area contributed by atoms with Gasteiger partial charge < -0.3 is 4.90 Å². The number of nitrogens with zero attached hydrogens (tertiary/aromatic N) is 4. The molecule has 23 heavy (non-hydrogen) atoms. The van der Waals surface area contributed by atoms with Gasteiger partial charge in [0, 0.05) is 11.5 Å². The second-order valence-corrected chi connectivity index (χ2v) is 6.24. The maximum atomic E-state index is 12.7. The van der Waals surface area contributed by atoms with Crippen molar-refractivity contribution in [3.05, 3.63) is 59.7 Å². The number of aryl methyl sites for hydroxylation is 2. The molecule has 120 valence electrons. The molecule has 0 bridgehead atoms. The molecule has 0 aliphatic heterocycles. The highest BCUT2D eigenvalue weighted by molar-refractivity contribution is 6.29. The van der Waals surface area contributed by atoms with E-state index in [1.807, 2.05) is 17.0 Å². The molecule has 6 heteroatoms. The molecule has 1 aliphatic carbocycles. The first-order chi connectivity index (χ1) is 11.1. The molecule has 1 aliphatic rings. The number of fused-ring (bicyclic) bond motifs is 1.